The fourth-order valence-electron chi connectivity index (χ4n) is 1.68. The monoisotopic (exact) mass is 206 g/mol. The van der Waals surface area contributed by atoms with Gasteiger partial charge in [0.1, 0.15) is 0 Å². The van der Waals surface area contributed by atoms with Crippen LogP contribution in [0.15, 0.2) is 24.3 Å². The van der Waals surface area contributed by atoms with Crippen LogP contribution in [0.4, 0.5) is 0 Å². The fourth-order valence-corrected chi connectivity index (χ4v) is 1.68. The maximum Gasteiger partial charge on any atom is 0.00769 e. The summed E-state index contributed by atoms with van der Waals surface area (Å²) in [5.74, 6) is 0. The zero-order chi connectivity index (χ0) is 11.1. The molecule has 1 aromatic carbocycles. The van der Waals surface area contributed by atoms with Gasteiger partial charge in [0.15, 0.2) is 0 Å². The molecule has 1 atom stereocenters. The molecule has 84 valence electrons. The summed E-state index contributed by atoms with van der Waals surface area (Å²) >= 11 is 0. The SMILES string of the molecule is Cc1cccc(CCC(C)NCCN)c1. The number of nitrogens with one attached hydrogen (secondary N) is 1. The van der Waals surface area contributed by atoms with Gasteiger partial charge in [0, 0.05) is 19.1 Å². The first-order chi connectivity index (χ1) is 7.22. The Morgan fingerprint density at radius 3 is 2.87 bits per heavy atom. The molecule has 1 aromatic rings. The maximum absolute atomic E-state index is 5.44. The van der Waals surface area contributed by atoms with E-state index < -0.39 is 0 Å². The van der Waals surface area contributed by atoms with Crippen molar-refractivity contribution in [3.8, 4) is 0 Å². The molecule has 0 aromatic heterocycles. The van der Waals surface area contributed by atoms with Crippen LogP contribution in [-0.2, 0) is 6.42 Å². The third kappa shape index (κ3) is 4.96. The van der Waals surface area contributed by atoms with Crippen LogP contribution in [-0.4, -0.2) is 19.1 Å². The standard InChI is InChI=1S/C13H22N2/c1-11-4-3-5-13(10-11)7-6-12(2)15-9-8-14/h3-5,10,12,15H,6-9,14H2,1-2H3. The lowest BCUT2D eigenvalue weighted by atomic mass is 10.0. The second-order valence-electron chi connectivity index (χ2n) is 4.17. The number of hydrogen-bond donors (Lipinski definition) is 2. The predicted molar refractivity (Wildman–Crippen MR) is 66.0 cm³/mol. The van der Waals surface area contributed by atoms with Gasteiger partial charge in [-0.15, -0.1) is 0 Å². The van der Waals surface area contributed by atoms with E-state index >= 15 is 0 Å². The summed E-state index contributed by atoms with van der Waals surface area (Å²) in [6.45, 7) is 5.98. The molecule has 0 fully saturated rings. The van der Waals surface area contributed by atoms with Gasteiger partial charge in [-0.3, -0.25) is 0 Å². The fraction of sp³-hybridized carbons (Fsp3) is 0.538. The van der Waals surface area contributed by atoms with E-state index in [1.54, 1.807) is 0 Å². The van der Waals surface area contributed by atoms with Crippen LogP contribution in [0.3, 0.4) is 0 Å². The summed E-state index contributed by atoms with van der Waals surface area (Å²) < 4.78 is 0. The molecule has 0 saturated heterocycles. The van der Waals surface area contributed by atoms with Crippen LogP contribution in [0.25, 0.3) is 0 Å². The highest BCUT2D eigenvalue weighted by Gasteiger charge is 2.01. The van der Waals surface area contributed by atoms with Crippen LogP contribution < -0.4 is 11.1 Å². The molecule has 0 bridgehead atoms. The average molecular weight is 206 g/mol. The Hall–Kier alpha value is -0.860. The Morgan fingerprint density at radius 2 is 2.20 bits per heavy atom. The third-order valence-electron chi connectivity index (χ3n) is 2.59. The molecule has 15 heavy (non-hydrogen) atoms. The highest BCUT2D eigenvalue weighted by molar-refractivity contribution is 5.22. The van der Waals surface area contributed by atoms with Crippen molar-refractivity contribution in [1.82, 2.24) is 5.32 Å². The van der Waals surface area contributed by atoms with Gasteiger partial charge < -0.3 is 11.1 Å². The Balaban J connectivity index is 2.30. The number of nitrogens with two attached hydrogens (primary N) is 1. The van der Waals surface area contributed by atoms with Crippen LogP contribution in [0.1, 0.15) is 24.5 Å². The summed E-state index contributed by atoms with van der Waals surface area (Å²) in [5.41, 5.74) is 8.21. The van der Waals surface area contributed by atoms with Crippen molar-refractivity contribution in [1.29, 1.82) is 0 Å². The molecular weight excluding hydrogens is 184 g/mol. The van der Waals surface area contributed by atoms with E-state index in [9.17, 15) is 0 Å². The molecule has 0 saturated carbocycles. The van der Waals surface area contributed by atoms with Crippen molar-refractivity contribution in [3.05, 3.63) is 35.4 Å². The van der Waals surface area contributed by atoms with Crippen molar-refractivity contribution < 1.29 is 0 Å². The first-order valence-corrected chi connectivity index (χ1v) is 5.71. The van der Waals surface area contributed by atoms with Crippen molar-refractivity contribution in [2.75, 3.05) is 13.1 Å². The molecule has 0 aliphatic heterocycles. The van der Waals surface area contributed by atoms with E-state index in [1.165, 1.54) is 17.5 Å². The number of benzene rings is 1. The average Bonchev–Trinajstić information content (AvgIpc) is 2.23. The van der Waals surface area contributed by atoms with Crippen LogP contribution >= 0.6 is 0 Å². The molecule has 0 aliphatic rings. The lowest BCUT2D eigenvalue weighted by molar-refractivity contribution is 0.521. The highest BCUT2D eigenvalue weighted by atomic mass is 14.9. The molecule has 0 spiro atoms. The van der Waals surface area contributed by atoms with Gasteiger partial charge in [-0.2, -0.15) is 0 Å². The highest BCUT2D eigenvalue weighted by Crippen LogP contribution is 2.07. The van der Waals surface area contributed by atoms with Crippen molar-refractivity contribution in [2.45, 2.75) is 32.7 Å². The number of aryl methyl sites for hydroxylation is 2. The zero-order valence-electron chi connectivity index (χ0n) is 9.79. The van der Waals surface area contributed by atoms with Crippen LogP contribution in [0, 0.1) is 6.92 Å². The third-order valence-corrected chi connectivity index (χ3v) is 2.59. The largest absolute Gasteiger partial charge is 0.329 e. The Labute approximate surface area is 92.9 Å². The van der Waals surface area contributed by atoms with Gasteiger partial charge in [0.25, 0.3) is 0 Å². The summed E-state index contributed by atoms with van der Waals surface area (Å²) in [6, 6.07) is 9.27. The normalized spacial score (nSPS) is 12.7. The molecule has 0 amide bonds. The molecule has 0 heterocycles. The van der Waals surface area contributed by atoms with E-state index in [4.69, 9.17) is 5.73 Å². The Morgan fingerprint density at radius 1 is 1.40 bits per heavy atom. The zero-order valence-corrected chi connectivity index (χ0v) is 9.79. The topological polar surface area (TPSA) is 38.0 Å². The lowest BCUT2D eigenvalue weighted by Crippen LogP contribution is -2.31. The molecular formula is C13H22N2. The predicted octanol–water partition coefficient (Wildman–Crippen LogP) is 1.86. The van der Waals surface area contributed by atoms with Crippen LogP contribution in [0.5, 0.6) is 0 Å². The second-order valence-corrected chi connectivity index (χ2v) is 4.17. The van der Waals surface area contributed by atoms with E-state index in [0.717, 1.165) is 19.5 Å². The summed E-state index contributed by atoms with van der Waals surface area (Å²) in [7, 11) is 0. The first kappa shape index (κ1) is 12.2. The number of rotatable bonds is 6. The molecule has 3 N–H and O–H groups in total. The van der Waals surface area contributed by atoms with Gasteiger partial charge in [-0.1, -0.05) is 29.8 Å². The second kappa shape index (κ2) is 6.59. The Bertz CT molecular complexity index is 284. The summed E-state index contributed by atoms with van der Waals surface area (Å²) in [4.78, 5) is 0. The molecule has 0 aliphatic carbocycles. The van der Waals surface area contributed by atoms with Gasteiger partial charge >= 0.3 is 0 Å². The van der Waals surface area contributed by atoms with Gasteiger partial charge in [0.05, 0.1) is 0 Å². The molecule has 1 unspecified atom stereocenters. The van der Waals surface area contributed by atoms with E-state index in [1.807, 2.05) is 0 Å². The van der Waals surface area contributed by atoms with Gasteiger partial charge in [-0.25, -0.2) is 0 Å². The van der Waals surface area contributed by atoms with Crippen LogP contribution in [0.2, 0.25) is 0 Å². The summed E-state index contributed by atoms with van der Waals surface area (Å²) in [6.07, 6.45) is 2.31. The van der Waals surface area contributed by atoms with E-state index in [-0.39, 0.29) is 0 Å². The minimum absolute atomic E-state index is 0.550. The van der Waals surface area contributed by atoms with Crippen molar-refractivity contribution >= 4 is 0 Å². The van der Waals surface area contributed by atoms with E-state index in [2.05, 4.69) is 43.4 Å². The minimum Gasteiger partial charge on any atom is -0.329 e. The molecule has 0 radical (unpaired) electrons. The Kier molecular flexibility index (Phi) is 5.37. The lowest BCUT2D eigenvalue weighted by Gasteiger charge is -2.12. The van der Waals surface area contributed by atoms with E-state index in [0.29, 0.717) is 6.04 Å². The van der Waals surface area contributed by atoms with Gasteiger partial charge in [-0.05, 0) is 32.3 Å². The quantitative estimate of drug-likeness (QED) is 0.745. The van der Waals surface area contributed by atoms with Gasteiger partial charge in [0.2, 0.25) is 0 Å². The van der Waals surface area contributed by atoms with Crippen molar-refractivity contribution in [2.24, 2.45) is 5.73 Å². The smallest absolute Gasteiger partial charge is 0.00769 e. The van der Waals surface area contributed by atoms with Crippen molar-refractivity contribution in [3.63, 3.8) is 0 Å². The maximum atomic E-state index is 5.44. The molecule has 2 nitrogen and oxygen atoms in total. The number of hydrogen-bond acceptors (Lipinski definition) is 2. The minimum atomic E-state index is 0.550. The molecule has 1 rings (SSSR count). The molecule has 2 heteroatoms. The summed E-state index contributed by atoms with van der Waals surface area (Å²) in [5, 5.41) is 3.39. The first-order valence-electron chi connectivity index (χ1n) is 5.71.